The van der Waals surface area contributed by atoms with Gasteiger partial charge in [0, 0.05) is 26.2 Å². The van der Waals surface area contributed by atoms with E-state index in [4.69, 9.17) is 18.0 Å². The molecule has 1 rings (SSSR count). The predicted octanol–water partition coefficient (Wildman–Crippen LogP) is 0.0184. The molecular weight excluding hydrogens is 258 g/mol. The molecule has 17 heavy (non-hydrogen) atoms. The molecule has 1 aliphatic heterocycles. The molecule has 0 aromatic carbocycles. The smallest absolute Gasteiger partial charge is 0.223 e. The first-order valence-corrected chi connectivity index (χ1v) is 7.85. The molecular formula is C10H21N3O2S2. The zero-order chi connectivity index (χ0) is 13.1. The predicted molar refractivity (Wildman–Crippen MR) is 73.5 cm³/mol. The van der Waals surface area contributed by atoms with Gasteiger partial charge in [-0.05, 0) is 13.0 Å². The lowest BCUT2D eigenvalue weighted by molar-refractivity contribution is 0.196. The molecule has 0 aliphatic carbocycles. The molecule has 0 aromatic rings. The van der Waals surface area contributed by atoms with E-state index >= 15 is 0 Å². The Kier molecular flexibility index (Phi) is 5.30. The van der Waals surface area contributed by atoms with Crippen LogP contribution in [0.15, 0.2) is 0 Å². The fourth-order valence-electron chi connectivity index (χ4n) is 2.04. The Labute approximate surface area is 109 Å². The first-order valence-electron chi connectivity index (χ1n) is 5.94. The zero-order valence-electron chi connectivity index (χ0n) is 10.4. The van der Waals surface area contributed by atoms with Crippen LogP contribution in [0.4, 0.5) is 0 Å². The van der Waals surface area contributed by atoms with Crippen molar-refractivity contribution in [2.45, 2.75) is 25.5 Å². The summed E-state index contributed by atoms with van der Waals surface area (Å²) >= 11 is 4.84. The number of hydrogen-bond donors (Lipinski definition) is 1. The van der Waals surface area contributed by atoms with Gasteiger partial charge < -0.3 is 10.6 Å². The van der Waals surface area contributed by atoms with E-state index < -0.39 is 15.3 Å². The third kappa shape index (κ3) is 3.37. The van der Waals surface area contributed by atoms with Crippen molar-refractivity contribution in [3.8, 4) is 0 Å². The van der Waals surface area contributed by atoms with E-state index in [1.54, 1.807) is 6.92 Å². The van der Waals surface area contributed by atoms with E-state index in [1.807, 2.05) is 0 Å². The van der Waals surface area contributed by atoms with E-state index in [9.17, 15) is 8.42 Å². The summed E-state index contributed by atoms with van der Waals surface area (Å²) in [4.78, 5) is 2.30. The molecule has 0 aromatic heterocycles. The van der Waals surface area contributed by atoms with Gasteiger partial charge in [0.15, 0.2) is 0 Å². The molecule has 2 N–H and O–H groups in total. The Balaban J connectivity index is 2.75. The molecule has 0 saturated carbocycles. The van der Waals surface area contributed by atoms with Crippen molar-refractivity contribution >= 4 is 27.2 Å². The van der Waals surface area contributed by atoms with Crippen LogP contribution in [0.3, 0.4) is 0 Å². The van der Waals surface area contributed by atoms with Crippen LogP contribution in [-0.4, -0.2) is 60.6 Å². The Morgan fingerprint density at radius 2 is 1.82 bits per heavy atom. The van der Waals surface area contributed by atoms with Gasteiger partial charge >= 0.3 is 0 Å². The quantitative estimate of drug-likeness (QED) is 0.719. The molecule has 0 spiro atoms. The van der Waals surface area contributed by atoms with Gasteiger partial charge in [0.1, 0.15) is 5.25 Å². The Morgan fingerprint density at radius 3 is 2.18 bits per heavy atom. The van der Waals surface area contributed by atoms with E-state index in [-0.39, 0.29) is 4.99 Å². The topological polar surface area (TPSA) is 66.6 Å². The van der Waals surface area contributed by atoms with E-state index in [2.05, 4.69) is 11.8 Å². The number of rotatable bonds is 5. The minimum Gasteiger partial charge on any atom is -0.392 e. The standard InChI is InChI=1S/C10H21N3O2S2/c1-3-9(10(11)16)17(14,15)13-7-5-12(4-2)6-8-13/h9H,3-8H2,1-2H3,(H2,11,16). The van der Waals surface area contributed by atoms with Gasteiger partial charge in [-0.2, -0.15) is 4.31 Å². The maximum absolute atomic E-state index is 12.3. The van der Waals surface area contributed by atoms with Crippen molar-refractivity contribution in [1.29, 1.82) is 0 Å². The summed E-state index contributed by atoms with van der Waals surface area (Å²) in [6.07, 6.45) is 0.436. The van der Waals surface area contributed by atoms with E-state index in [0.717, 1.165) is 19.6 Å². The number of thiocarbonyl (C=S) groups is 1. The van der Waals surface area contributed by atoms with Gasteiger partial charge in [-0.15, -0.1) is 0 Å². The minimum atomic E-state index is -3.36. The Hall–Kier alpha value is -0.240. The second-order valence-corrected chi connectivity index (χ2v) is 6.76. The average molecular weight is 279 g/mol. The van der Waals surface area contributed by atoms with Crippen LogP contribution in [0.2, 0.25) is 0 Å². The average Bonchev–Trinajstić information content (AvgIpc) is 2.29. The van der Waals surface area contributed by atoms with Crippen LogP contribution >= 0.6 is 12.2 Å². The Morgan fingerprint density at radius 1 is 1.29 bits per heavy atom. The van der Waals surface area contributed by atoms with Crippen molar-refractivity contribution in [2.75, 3.05) is 32.7 Å². The maximum Gasteiger partial charge on any atom is 0.223 e. The maximum atomic E-state index is 12.3. The van der Waals surface area contributed by atoms with Crippen LogP contribution in [0, 0.1) is 0 Å². The van der Waals surface area contributed by atoms with Gasteiger partial charge in [0.2, 0.25) is 10.0 Å². The minimum absolute atomic E-state index is 0.0745. The van der Waals surface area contributed by atoms with Crippen molar-refractivity contribution in [2.24, 2.45) is 5.73 Å². The number of hydrogen-bond acceptors (Lipinski definition) is 4. The summed E-state index contributed by atoms with van der Waals surface area (Å²) in [6, 6.07) is 0. The van der Waals surface area contributed by atoms with Crippen LogP contribution < -0.4 is 5.73 Å². The van der Waals surface area contributed by atoms with Crippen LogP contribution in [-0.2, 0) is 10.0 Å². The molecule has 1 saturated heterocycles. The SMILES string of the molecule is CCC(C(N)=S)S(=O)(=O)N1CCN(CC)CC1. The second-order valence-electron chi connectivity index (χ2n) is 4.18. The summed E-state index contributed by atoms with van der Waals surface area (Å²) < 4.78 is 26.1. The highest BCUT2D eigenvalue weighted by molar-refractivity contribution is 7.92. The first kappa shape index (κ1) is 14.8. The van der Waals surface area contributed by atoms with Gasteiger partial charge in [-0.25, -0.2) is 8.42 Å². The van der Waals surface area contributed by atoms with Crippen LogP contribution in [0.5, 0.6) is 0 Å². The summed E-state index contributed by atoms with van der Waals surface area (Å²) in [5, 5.41) is -0.717. The molecule has 0 radical (unpaired) electrons. The van der Waals surface area contributed by atoms with Gasteiger partial charge in [-0.3, -0.25) is 0 Å². The highest BCUT2D eigenvalue weighted by Crippen LogP contribution is 2.15. The lowest BCUT2D eigenvalue weighted by Crippen LogP contribution is -2.52. The number of nitrogens with zero attached hydrogens (tertiary/aromatic N) is 2. The largest absolute Gasteiger partial charge is 0.392 e. The third-order valence-electron chi connectivity index (χ3n) is 3.19. The molecule has 1 fully saturated rings. The summed E-state index contributed by atoms with van der Waals surface area (Å²) in [7, 11) is -3.36. The fraction of sp³-hybridized carbons (Fsp3) is 0.900. The molecule has 1 heterocycles. The lowest BCUT2D eigenvalue weighted by atomic mass is 10.3. The van der Waals surface area contributed by atoms with E-state index in [0.29, 0.717) is 19.5 Å². The summed E-state index contributed by atoms with van der Waals surface area (Å²) in [6.45, 7) is 7.47. The number of piperazine rings is 1. The second kappa shape index (κ2) is 6.08. The number of sulfonamides is 1. The number of likely N-dealkylation sites (N-methyl/N-ethyl adjacent to an activating group) is 1. The highest BCUT2D eigenvalue weighted by atomic mass is 32.2. The Bertz CT molecular complexity index is 362. The van der Waals surface area contributed by atoms with Gasteiger partial charge in [-0.1, -0.05) is 26.1 Å². The van der Waals surface area contributed by atoms with Crippen LogP contribution in [0.25, 0.3) is 0 Å². The molecule has 1 atom stereocenters. The monoisotopic (exact) mass is 279 g/mol. The lowest BCUT2D eigenvalue weighted by Gasteiger charge is -2.35. The molecule has 100 valence electrons. The summed E-state index contributed by atoms with van der Waals surface area (Å²) in [5.41, 5.74) is 5.51. The highest BCUT2D eigenvalue weighted by Gasteiger charge is 2.34. The summed E-state index contributed by atoms with van der Waals surface area (Å²) in [5.74, 6) is 0. The van der Waals surface area contributed by atoms with Crippen LogP contribution in [0.1, 0.15) is 20.3 Å². The van der Waals surface area contributed by atoms with Crippen molar-refractivity contribution in [3.05, 3.63) is 0 Å². The first-order chi connectivity index (χ1) is 7.93. The third-order valence-corrected chi connectivity index (χ3v) is 6.01. The molecule has 0 bridgehead atoms. The number of nitrogens with two attached hydrogens (primary N) is 1. The molecule has 7 heteroatoms. The zero-order valence-corrected chi connectivity index (χ0v) is 12.1. The van der Waals surface area contributed by atoms with Crippen molar-refractivity contribution in [3.63, 3.8) is 0 Å². The normalized spacial score (nSPS) is 21.3. The molecule has 1 aliphatic rings. The van der Waals surface area contributed by atoms with Crippen molar-refractivity contribution < 1.29 is 8.42 Å². The fourth-order valence-corrected chi connectivity index (χ4v) is 4.32. The molecule has 0 amide bonds. The molecule has 1 unspecified atom stereocenters. The van der Waals surface area contributed by atoms with Gasteiger partial charge in [0.25, 0.3) is 0 Å². The van der Waals surface area contributed by atoms with E-state index in [1.165, 1.54) is 4.31 Å². The van der Waals surface area contributed by atoms with Gasteiger partial charge in [0.05, 0.1) is 4.99 Å². The molecule has 5 nitrogen and oxygen atoms in total. The van der Waals surface area contributed by atoms with Crippen molar-refractivity contribution in [1.82, 2.24) is 9.21 Å².